The molecule has 1 heterocycles. The third kappa shape index (κ3) is 10.0. The molecule has 0 bridgehead atoms. The smallest absolute Gasteiger partial charge is 0.407 e. The fourth-order valence-corrected chi connectivity index (χ4v) is 4.09. The number of carbonyl (C=O) groups is 1. The van der Waals surface area contributed by atoms with E-state index in [-0.39, 0.29) is 30.1 Å². The Morgan fingerprint density at radius 2 is 1.80 bits per heavy atom. The zero-order chi connectivity index (χ0) is 21.3. The van der Waals surface area contributed by atoms with Crippen molar-refractivity contribution in [2.75, 3.05) is 39.8 Å². The van der Waals surface area contributed by atoms with Gasteiger partial charge in [0.1, 0.15) is 5.60 Å². The Morgan fingerprint density at radius 3 is 2.37 bits per heavy atom. The monoisotopic (exact) mass is 538 g/mol. The highest BCUT2D eigenvalue weighted by Crippen LogP contribution is 2.36. The molecule has 2 fully saturated rings. The highest BCUT2D eigenvalue weighted by Gasteiger charge is 2.29. The van der Waals surface area contributed by atoms with E-state index in [0.717, 1.165) is 44.9 Å². The number of piperidine rings is 1. The minimum atomic E-state index is -0.459. The number of hydrogen-bond donors (Lipinski definition) is 2. The van der Waals surface area contributed by atoms with Gasteiger partial charge in [-0.05, 0) is 58.3 Å². The van der Waals surface area contributed by atoms with Gasteiger partial charge in [0.15, 0.2) is 5.96 Å². The summed E-state index contributed by atoms with van der Waals surface area (Å²) >= 11 is 0. The second-order valence-electron chi connectivity index (χ2n) is 9.76. The van der Waals surface area contributed by atoms with Crippen molar-refractivity contribution in [3.8, 4) is 0 Å². The summed E-state index contributed by atoms with van der Waals surface area (Å²) in [6.45, 7) is 12.2. The SMILES string of the molecule is CN=C(NCC1(C)CCCC1)N1CCC(OCCCNC(=O)OC(C)(C)C)CC1.I. The van der Waals surface area contributed by atoms with Crippen molar-refractivity contribution in [2.45, 2.75) is 84.3 Å². The van der Waals surface area contributed by atoms with E-state index in [4.69, 9.17) is 9.47 Å². The molecule has 1 aliphatic carbocycles. The molecule has 0 unspecified atom stereocenters. The third-order valence-electron chi connectivity index (χ3n) is 5.78. The lowest BCUT2D eigenvalue weighted by Crippen LogP contribution is -2.49. The van der Waals surface area contributed by atoms with Gasteiger partial charge < -0.3 is 25.0 Å². The Kier molecular flexibility index (Phi) is 11.8. The lowest BCUT2D eigenvalue weighted by Gasteiger charge is -2.35. The van der Waals surface area contributed by atoms with Gasteiger partial charge in [-0.2, -0.15) is 0 Å². The van der Waals surface area contributed by atoms with E-state index in [2.05, 4.69) is 27.4 Å². The highest BCUT2D eigenvalue weighted by molar-refractivity contribution is 14.0. The molecule has 1 saturated carbocycles. The van der Waals surface area contributed by atoms with Gasteiger partial charge in [0.25, 0.3) is 0 Å². The summed E-state index contributed by atoms with van der Waals surface area (Å²) in [5, 5.41) is 6.38. The van der Waals surface area contributed by atoms with Crippen molar-refractivity contribution in [3.63, 3.8) is 0 Å². The Balaban J connectivity index is 0.00000450. The standard InChI is InChI=1S/C22H42N4O3.HI/c1-21(2,3)29-20(27)24-13-8-16-28-18-9-14-26(15-10-18)19(23-5)25-17-22(4)11-6-7-12-22;/h18H,6-17H2,1-5H3,(H,23,25)(H,24,27);1H. The topological polar surface area (TPSA) is 75.2 Å². The van der Waals surface area contributed by atoms with E-state index in [1.54, 1.807) is 0 Å². The lowest BCUT2D eigenvalue weighted by atomic mass is 9.89. The normalized spacial score (nSPS) is 19.9. The first kappa shape index (κ1) is 27.3. The van der Waals surface area contributed by atoms with Crippen molar-refractivity contribution < 1.29 is 14.3 Å². The summed E-state index contributed by atoms with van der Waals surface area (Å²) in [5.41, 5.74) is -0.0381. The highest BCUT2D eigenvalue weighted by atomic mass is 127. The molecule has 0 spiro atoms. The lowest BCUT2D eigenvalue weighted by molar-refractivity contribution is 0.0169. The molecule has 30 heavy (non-hydrogen) atoms. The molecule has 0 aromatic carbocycles. The van der Waals surface area contributed by atoms with Crippen LogP contribution in [0.15, 0.2) is 4.99 Å². The van der Waals surface area contributed by atoms with Crippen LogP contribution in [-0.4, -0.2) is 68.5 Å². The number of nitrogens with one attached hydrogen (secondary N) is 2. The molecule has 1 aliphatic heterocycles. The van der Waals surface area contributed by atoms with Crippen molar-refractivity contribution >= 4 is 36.0 Å². The molecule has 8 heteroatoms. The van der Waals surface area contributed by atoms with Crippen LogP contribution in [0.2, 0.25) is 0 Å². The second kappa shape index (κ2) is 12.9. The Labute approximate surface area is 200 Å². The number of guanidine groups is 1. The fraction of sp³-hybridized carbons (Fsp3) is 0.909. The van der Waals surface area contributed by atoms with Crippen LogP contribution in [0.3, 0.4) is 0 Å². The average Bonchev–Trinajstić information content (AvgIpc) is 3.08. The minimum absolute atomic E-state index is 0. The number of rotatable bonds is 7. The molecular weight excluding hydrogens is 495 g/mol. The molecule has 2 N–H and O–H groups in total. The van der Waals surface area contributed by atoms with Crippen molar-refractivity contribution in [2.24, 2.45) is 10.4 Å². The van der Waals surface area contributed by atoms with Crippen LogP contribution in [0.4, 0.5) is 4.79 Å². The first-order valence-corrected chi connectivity index (χ1v) is 11.2. The molecule has 176 valence electrons. The number of ether oxygens (including phenoxy) is 2. The Morgan fingerprint density at radius 1 is 1.17 bits per heavy atom. The van der Waals surface area contributed by atoms with Crippen LogP contribution in [0.5, 0.6) is 0 Å². The van der Waals surface area contributed by atoms with Gasteiger partial charge in [0.05, 0.1) is 6.10 Å². The maximum Gasteiger partial charge on any atom is 0.407 e. The molecule has 0 radical (unpaired) electrons. The van der Waals surface area contributed by atoms with Crippen LogP contribution >= 0.6 is 24.0 Å². The Hall–Kier alpha value is -0.770. The number of carbonyl (C=O) groups excluding carboxylic acids is 1. The molecule has 0 aromatic rings. The number of amides is 1. The van der Waals surface area contributed by atoms with Crippen molar-refractivity contribution in [1.82, 2.24) is 15.5 Å². The number of aliphatic imine (C=N–C) groups is 1. The van der Waals surface area contributed by atoms with E-state index >= 15 is 0 Å². The van der Waals surface area contributed by atoms with Crippen LogP contribution in [-0.2, 0) is 9.47 Å². The van der Waals surface area contributed by atoms with Gasteiger partial charge in [-0.1, -0.05) is 19.8 Å². The van der Waals surface area contributed by atoms with E-state index in [1.807, 2.05) is 27.8 Å². The van der Waals surface area contributed by atoms with Gasteiger partial charge >= 0.3 is 6.09 Å². The largest absolute Gasteiger partial charge is 0.444 e. The predicted octanol–water partition coefficient (Wildman–Crippen LogP) is 4.16. The molecule has 2 aliphatic rings. The Bertz CT molecular complexity index is 537. The third-order valence-corrected chi connectivity index (χ3v) is 5.78. The van der Waals surface area contributed by atoms with E-state index in [1.165, 1.54) is 25.7 Å². The molecule has 2 rings (SSSR count). The quantitative estimate of drug-likeness (QED) is 0.221. The first-order chi connectivity index (χ1) is 13.7. The van der Waals surface area contributed by atoms with Crippen LogP contribution in [0.1, 0.15) is 72.6 Å². The number of likely N-dealkylation sites (tertiary alicyclic amines) is 1. The maximum absolute atomic E-state index is 11.6. The second-order valence-corrected chi connectivity index (χ2v) is 9.76. The first-order valence-electron chi connectivity index (χ1n) is 11.2. The zero-order valence-electron chi connectivity index (χ0n) is 19.6. The minimum Gasteiger partial charge on any atom is -0.444 e. The predicted molar refractivity (Wildman–Crippen MR) is 133 cm³/mol. The molecule has 0 aromatic heterocycles. The molecule has 1 saturated heterocycles. The van der Waals surface area contributed by atoms with Gasteiger partial charge in [0, 0.05) is 39.8 Å². The van der Waals surface area contributed by atoms with Crippen LogP contribution < -0.4 is 10.6 Å². The van der Waals surface area contributed by atoms with Crippen LogP contribution in [0, 0.1) is 5.41 Å². The summed E-state index contributed by atoms with van der Waals surface area (Å²) in [6, 6.07) is 0. The number of hydrogen-bond acceptors (Lipinski definition) is 4. The van der Waals surface area contributed by atoms with E-state index in [9.17, 15) is 4.79 Å². The van der Waals surface area contributed by atoms with Gasteiger partial charge in [-0.25, -0.2) is 4.79 Å². The zero-order valence-corrected chi connectivity index (χ0v) is 21.9. The summed E-state index contributed by atoms with van der Waals surface area (Å²) in [7, 11) is 1.87. The molecule has 1 amide bonds. The summed E-state index contributed by atoms with van der Waals surface area (Å²) in [4.78, 5) is 18.5. The van der Waals surface area contributed by atoms with E-state index < -0.39 is 5.60 Å². The summed E-state index contributed by atoms with van der Waals surface area (Å²) in [5.74, 6) is 1.03. The number of halogens is 1. The molecule has 7 nitrogen and oxygen atoms in total. The number of alkyl carbamates (subject to hydrolysis) is 1. The average molecular weight is 539 g/mol. The molecule has 0 atom stereocenters. The number of nitrogens with zero attached hydrogens (tertiary/aromatic N) is 2. The molecular formula is C22H43IN4O3. The summed E-state index contributed by atoms with van der Waals surface area (Å²) in [6.07, 6.45) is 8.08. The van der Waals surface area contributed by atoms with Gasteiger partial charge in [-0.15, -0.1) is 24.0 Å². The maximum atomic E-state index is 11.6. The van der Waals surface area contributed by atoms with Gasteiger partial charge in [0.2, 0.25) is 0 Å². The van der Waals surface area contributed by atoms with E-state index in [0.29, 0.717) is 24.7 Å². The van der Waals surface area contributed by atoms with Crippen molar-refractivity contribution in [3.05, 3.63) is 0 Å². The fourth-order valence-electron chi connectivity index (χ4n) is 4.09. The van der Waals surface area contributed by atoms with Gasteiger partial charge in [-0.3, -0.25) is 4.99 Å². The van der Waals surface area contributed by atoms with Crippen molar-refractivity contribution in [1.29, 1.82) is 0 Å². The summed E-state index contributed by atoms with van der Waals surface area (Å²) < 4.78 is 11.2. The van der Waals surface area contributed by atoms with Crippen LogP contribution in [0.25, 0.3) is 0 Å².